The lowest BCUT2D eigenvalue weighted by Crippen LogP contribution is -2.29. The fourth-order valence-corrected chi connectivity index (χ4v) is 4.95. The minimum absolute atomic E-state index is 0.0854. The number of hydrogen-bond donors (Lipinski definition) is 5. The molecule has 0 amide bonds. The van der Waals surface area contributed by atoms with Crippen LogP contribution in [-0.4, -0.2) is 96.5 Å². The highest BCUT2D eigenvalue weighted by atomic mass is 79.9. The van der Waals surface area contributed by atoms with E-state index in [2.05, 4.69) is 71.5 Å². The molecule has 1 unspecified atom stereocenters. The van der Waals surface area contributed by atoms with Crippen molar-refractivity contribution >= 4 is 81.5 Å². The van der Waals surface area contributed by atoms with Gasteiger partial charge < -0.3 is 34.8 Å². The first-order chi connectivity index (χ1) is 25.0. The van der Waals surface area contributed by atoms with Crippen molar-refractivity contribution in [3.05, 3.63) is 44.0 Å². The number of nitriles is 1. The Labute approximate surface area is 336 Å². The fourth-order valence-electron chi connectivity index (χ4n) is 3.40. The summed E-state index contributed by atoms with van der Waals surface area (Å²) in [6.07, 6.45) is 0.732. The highest BCUT2D eigenvalue weighted by molar-refractivity contribution is 9.10. The van der Waals surface area contributed by atoms with Crippen molar-refractivity contribution in [2.24, 2.45) is 7.05 Å². The Kier molecular flexibility index (Phi) is 21.7. The predicted molar refractivity (Wildman–Crippen MR) is 205 cm³/mol. The van der Waals surface area contributed by atoms with E-state index in [1.54, 1.807) is 27.7 Å². The van der Waals surface area contributed by atoms with Crippen molar-refractivity contribution in [1.82, 2.24) is 30.0 Å². The smallest absolute Gasteiger partial charge is 0.434 e. The lowest BCUT2D eigenvalue weighted by atomic mass is 10.1. The standard InChI is InChI=1S/C15H12BrClF4N2O2.C9H13ClN6.C3H8NO5P.C3H9S/c1-6(2)25-14(24)7-4-8(10(18)5-9(7)17)12-11(16)13(15(19,20)21)23(3)22-12;1-4-12-7-13-6(10)14-8(15-7)16-9(2,3)5-11;5-3(6)1-4-2-10(7,8)9;1-4(2)3/h4-6H,1-3H3;4H2,1-3H3,(H2,12,13,14,15,16);4H,1-2H2,(H,5,6)(H2,7,8,9);1-3H3/q;;;+1/p-1. The van der Waals surface area contributed by atoms with Gasteiger partial charge in [-0.1, -0.05) is 11.6 Å². The molecule has 0 aliphatic rings. The molecule has 0 saturated heterocycles. The van der Waals surface area contributed by atoms with Crippen LogP contribution in [-0.2, 0) is 38.2 Å². The van der Waals surface area contributed by atoms with Crippen LogP contribution >= 0.6 is 46.7 Å². The maximum Gasteiger partial charge on any atom is 0.434 e. The van der Waals surface area contributed by atoms with Gasteiger partial charge in [0.05, 0.1) is 58.8 Å². The van der Waals surface area contributed by atoms with Gasteiger partial charge in [0.1, 0.15) is 24.6 Å². The van der Waals surface area contributed by atoms with Gasteiger partial charge in [-0.3, -0.25) is 14.8 Å². The van der Waals surface area contributed by atoms with Gasteiger partial charge in [0.15, 0.2) is 5.69 Å². The summed E-state index contributed by atoms with van der Waals surface area (Å²) in [6, 6.07) is 3.94. The van der Waals surface area contributed by atoms with Crippen LogP contribution in [0.15, 0.2) is 16.6 Å². The maximum atomic E-state index is 14.3. The number of ether oxygens (including phenoxy) is 1. The number of carbonyl (C=O) groups is 2. The molecule has 3 aromatic rings. The summed E-state index contributed by atoms with van der Waals surface area (Å²) in [7, 11) is -2.63. The van der Waals surface area contributed by atoms with Gasteiger partial charge in [0.25, 0.3) is 0 Å². The number of carboxylic acids is 1. The van der Waals surface area contributed by atoms with Gasteiger partial charge in [0.2, 0.25) is 17.2 Å². The van der Waals surface area contributed by atoms with E-state index in [1.807, 2.05) is 12.2 Å². The Morgan fingerprint density at radius 2 is 1.71 bits per heavy atom. The molecular formula is C30H41BrCl2F4N9O7PS. The zero-order valence-electron chi connectivity index (χ0n) is 31.0. The normalized spacial score (nSPS) is 12.1. The highest BCUT2D eigenvalue weighted by Gasteiger charge is 2.39. The number of nitrogens with one attached hydrogen (secondary N) is 3. The molecule has 1 aromatic carbocycles. The first-order valence-corrected chi connectivity index (χ1v) is 21.1. The molecule has 0 bridgehead atoms. The molecule has 0 radical (unpaired) electrons. The number of aryl methyl sites for hydroxylation is 1. The van der Waals surface area contributed by atoms with Crippen LogP contribution in [0.2, 0.25) is 10.3 Å². The van der Waals surface area contributed by atoms with Crippen LogP contribution in [0.4, 0.5) is 29.5 Å². The van der Waals surface area contributed by atoms with Crippen LogP contribution in [0.1, 0.15) is 50.7 Å². The third-order valence-corrected chi connectivity index (χ3v) is 7.22. The molecule has 25 heteroatoms. The first kappa shape index (κ1) is 51.7. The van der Waals surface area contributed by atoms with Crippen LogP contribution < -0.4 is 20.8 Å². The molecule has 5 N–H and O–H groups in total. The second kappa shape index (κ2) is 23.1. The zero-order chi connectivity index (χ0) is 43.1. The topological polar surface area (TPSA) is 240 Å². The molecule has 3 rings (SSSR count). The molecular weight excluding hydrogens is 888 g/mol. The number of aliphatic carboxylic acids is 1. The Hall–Kier alpha value is -3.29. The number of hydrogen-bond acceptors (Lipinski definition) is 13. The highest BCUT2D eigenvalue weighted by Crippen LogP contribution is 2.41. The molecule has 0 aliphatic carbocycles. The van der Waals surface area contributed by atoms with Gasteiger partial charge in [-0.2, -0.15) is 38.5 Å². The average Bonchev–Trinajstić information content (AvgIpc) is 3.29. The second-order valence-electron chi connectivity index (χ2n) is 11.9. The number of esters is 1. The summed E-state index contributed by atoms with van der Waals surface area (Å²) in [4.78, 5) is 51.7. The fraction of sp³-hybridized carbons (Fsp3) is 0.500. The molecule has 2 aromatic heterocycles. The van der Waals surface area contributed by atoms with E-state index in [-0.39, 0.29) is 33.1 Å². The van der Waals surface area contributed by atoms with Crippen molar-refractivity contribution in [3.63, 3.8) is 0 Å². The van der Waals surface area contributed by atoms with Gasteiger partial charge in [-0.25, -0.2) is 9.18 Å². The Balaban J connectivity index is 0.000000829. The van der Waals surface area contributed by atoms with Crippen molar-refractivity contribution in [2.45, 2.75) is 52.4 Å². The van der Waals surface area contributed by atoms with E-state index in [4.69, 9.17) is 43.2 Å². The van der Waals surface area contributed by atoms with E-state index in [0.29, 0.717) is 28.1 Å². The Morgan fingerprint density at radius 3 is 2.15 bits per heavy atom. The van der Waals surface area contributed by atoms with Crippen LogP contribution in [0, 0.1) is 17.1 Å². The lowest BCUT2D eigenvalue weighted by molar-refractivity contribution is -0.193. The molecule has 0 spiro atoms. The van der Waals surface area contributed by atoms with Gasteiger partial charge in [0, 0.05) is 19.2 Å². The van der Waals surface area contributed by atoms with Crippen molar-refractivity contribution in [2.75, 3.05) is 48.8 Å². The molecule has 0 fully saturated rings. The third-order valence-electron chi connectivity index (χ3n) is 5.37. The molecule has 0 aliphatic heterocycles. The van der Waals surface area contributed by atoms with E-state index in [0.717, 1.165) is 19.2 Å². The number of carbonyl (C=O) groups excluding carboxylic acids is 1. The summed E-state index contributed by atoms with van der Waals surface area (Å²) >= 11 is 14.4. The zero-order valence-corrected chi connectivity index (χ0v) is 35.8. The number of anilines is 2. The summed E-state index contributed by atoms with van der Waals surface area (Å²) < 4.78 is 68.6. The molecule has 0 saturated carbocycles. The third kappa shape index (κ3) is 20.4. The predicted octanol–water partition coefficient (Wildman–Crippen LogP) is 5.55. The monoisotopic (exact) mass is 927 g/mol. The summed E-state index contributed by atoms with van der Waals surface area (Å²) in [5.41, 5.74) is -2.62. The molecule has 55 heavy (non-hydrogen) atoms. The maximum absolute atomic E-state index is 14.3. The first-order valence-electron chi connectivity index (χ1n) is 15.3. The molecule has 1 atom stereocenters. The van der Waals surface area contributed by atoms with Crippen LogP contribution in [0.25, 0.3) is 11.3 Å². The largest absolute Gasteiger partial charge is 0.778 e. The van der Waals surface area contributed by atoms with E-state index >= 15 is 0 Å². The molecule has 2 heterocycles. The van der Waals surface area contributed by atoms with Crippen LogP contribution in [0.3, 0.4) is 0 Å². The number of nitrogens with zero attached hydrogens (tertiary/aromatic N) is 6. The summed E-state index contributed by atoms with van der Waals surface area (Å²) in [5, 5.41) is 28.2. The lowest BCUT2D eigenvalue weighted by Gasteiger charge is -2.17. The number of aromatic nitrogens is 5. The van der Waals surface area contributed by atoms with E-state index in [9.17, 15) is 36.6 Å². The SMILES string of the molecule is CC(C)OC(=O)c1cc(-c2nn(C)c(C(F)(F)F)c2Br)c(F)cc1Cl.CCNc1nc(Cl)nc(NC(C)(C)C#N)n1.C[S+](C)C.O=C(O)CNCP(=O)([O-])O. The minimum Gasteiger partial charge on any atom is -0.778 e. The van der Waals surface area contributed by atoms with E-state index < -0.39 is 66.2 Å². The number of carboxylic acid groups (broad SMARTS) is 1. The number of rotatable bonds is 11. The average molecular weight is 930 g/mol. The number of halogens is 7. The van der Waals surface area contributed by atoms with E-state index in [1.165, 1.54) is 0 Å². The second-order valence-corrected chi connectivity index (χ2v) is 17.5. The Morgan fingerprint density at radius 1 is 1.16 bits per heavy atom. The van der Waals surface area contributed by atoms with Crippen molar-refractivity contribution < 1.29 is 51.3 Å². The minimum atomic E-state index is -4.69. The van der Waals surface area contributed by atoms with Gasteiger partial charge >= 0.3 is 18.1 Å². The van der Waals surface area contributed by atoms with Gasteiger partial charge in [-0.05, 0) is 85.2 Å². The van der Waals surface area contributed by atoms with Crippen molar-refractivity contribution in [3.8, 4) is 17.3 Å². The summed E-state index contributed by atoms with van der Waals surface area (Å²) in [5.74, 6) is -2.24. The number of benzene rings is 1. The molecule has 16 nitrogen and oxygen atoms in total. The Bertz CT molecular complexity index is 1840. The quantitative estimate of drug-likeness (QED) is 0.0685. The molecule has 308 valence electrons. The summed E-state index contributed by atoms with van der Waals surface area (Å²) in [6.45, 7) is 8.79. The van der Waals surface area contributed by atoms with Crippen LogP contribution in [0.5, 0.6) is 0 Å². The van der Waals surface area contributed by atoms with Crippen molar-refractivity contribution in [1.29, 1.82) is 5.26 Å². The number of alkyl halides is 3. The van der Waals surface area contributed by atoms with Gasteiger partial charge in [-0.15, -0.1) is 0 Å².